The highest BCUT2D eigenvalue weighted by atomic mass is 32.2. The molecule has 1 rings (SSSR count). The number of hydrogen-bond donors (Lipinski definition) is 3. The van der Waals surface area contributed by atoms with Crippen molar-refractivity contribution >= 4 is 27.5 Å². The molecule has 5 N–H and O–H groups in total. The van der Waals surface area contributed by atoms with E-state index in [0.29, 0.717) is 5.75 Å². The van der Waals surface area contributed by atoms with Crippen LogP contribution in [0.4, 0.5) is 5.69 Å². The summed E-state index contributed by atoms with van der Waals surface area (Å²) in [5.41, 5.74) is 5.67. The first-order chi connectivity index (χ1) is 6.95. The molecule has 0 radical (unpaired) electrons. The number of hydrogen-bond acceptors (Lipinski definition) is 5. The number of aliphatic hydroxyl groups is 1. The van der Waals surface area contributed by atoms with Gasteiger partial charge in [0.2, 0.25) is 10.0 Å². The minimum Gasteiger partial charge on any atom is -0.398 e. The van der Waals surface area contributed by atoms with Crippen LogP contribution >= 0.6 is 11.8 Å². The molecule has 0 aliphatic carbocycles. The van der Waals surface area contributed by atoms with E-state index in [4.69, 9.17) is 16.0 Å². The lowest BCUT2D eigenvalue weighted by Gasteiger charge is -2.05. The predicted octanol–water partition coefficient (Wildman–Crippen LogP) is 0.000600. The van der Waals surface area contributed by atoms with Crippen LogP contribution in [0.1, 0.15) is 0 Å². The number of benzene rings is 1. The highest BCUT2D eigenvalue weighted by Gasteiger charge is 2.12. The van der Waals surface area contributed by atoms with E-state index < -0.39 is 10.0 Å². The zero-order valence-corrected chi connectivity index (χ0v) is 9.51. The van der Waals surface area contributed by atoms with E-state index in [0.717, 1.165) is 4.90 Å². The lowest BCUT2D eigenvalue weighted by Crippen LogP contribution is -2.14. The van der Waals surface area contributed by atoms with Crippen molar-refractivity contribution in [3.63, 3.8) is 0 Å². The Morgan fingerprint density at radius 3 is 2.53 bits per heavy atom. The van der Waals surface area contributed by atoms with Gasteiger partial charge in [-0.05, 0) is 18.2 Å². The van der Waals surface area contributed by atoms with Crippen LogP contribution < -0.4 is 10.9 Å². The number of primary sulfonamides is 1. The van der Waals surface area contributed by atoms with Crippen molar-refractivity contribution in [1.29, 1.82) is 0 Å². The summed E-state index contributed by atoms with van der Waals surface area (Å²) in [6, 6.07) is 4.50. The Hall–Kier alpha value is -0.760. The number of sulfonamides is 1. The van der Waals surface area contributed by atoms with Gasteiger partial charge in [0.1, 0.15) is 4.90 Å². The van der Waals surface area contributed by atoms with Crippen LogP contribution in [-0.2, 0) is 10.0 Å². The topological polar surface area (TPSA) is 106 Å². The van der Waals surface area contributed by atoms with Gasteiger partial charge < -0.3 is 10.8 Å². The monoisotopic (exact) mass is 248 g/mol. The molecule has 0 saturated carbocycles. The molecule has 0 bridgehead atoms. The molecular formula is C8H12N2O3S2. The molecule has 0 atom stereocenters. The van der Waals surface area contributed by atoms with Crippen LogP contribution in [0.15, 0.2) is 28.0 Å². The second-order valence-electron chi connectivity index (χ2n) is 2.82. The fourth-order valence-electron chi connectivity index (χ4n) is 1.04. The first-order valence-electron chi connectivity index (χ1n) is 4.11. The molecule has 7 heteroatoms. The summed E-state index contributed by atoms with van der Waals surface area (Å²) in [6.07, 6.45) is 0. The molecule has 0 fully saturated rings. The summed E-state index contributed by atoms with van der Waals surface area (Å²) in [5.74, 6) is 0.536. The highest BCUT2D eigenvalue weighted by Crippen LogP contribution is 2.24. The Kier molecular flexibility index (Phi) is 3.97. The van der Waals surface area contributed by atoms with E-state index in [1.54, 1.807) is 6.07 Å². The van der Waals surface area contributed by atoms with E-state index in [1.165, 1.54) is 23.9 Å². The first-order valence-corrected chi connectivity index (χ1v) is 6.64. The molecule has 1 aromatic carbocycles. The zero-order valence-electron chi connectivity index (χ0n) is 7.88. The van der Waals surface area contributed by atoms with Crippen molar-refractivity contribution < 1.29 is 13.5 Å². The molecule has 0 heterocycles. The van der Waals surface area contributed by atoms with Crippen molar-refractivity contribution in [3.8, 4) is 0 Å². The van der Waals surface area contributed by atoms with E-state index in [1.807, 2.05) is 0 Å². The third-order valence-corrected chi connectivity index (χ3v) is 3.61. The van der Waals surface area contributed by atoms with Crippen molar-refractivity contribution in [1.82, 2.24) is 0 Å². The fourth-order valence-corrected chi connectivity index (χ4v) is 2.39. The largest absolute Gasteiger partial charge is 0.398 e. The predicted molar refractivity (Wildman–Crippen MR) is 60.0 cm³/mol. The maximum absolute atomic E-state index is 11.0. The Bertz CT molecular complexity index is 445. The van der Waals surface area contributed by atoms with Crippen molar-refractivity contribution in [2.45, 2.75) is 9.79 Å². The third-order valence-electron chi connectivity index (χ3n) is 1.65. The molecule has 0 amide bonds. The molecule has 0 unspecified atom stereocenters. The second kappa shape index (κ2) is 4.84. The highest BCUT2D eigenvalue weighted by molar-refractivity contribution is 7.99. The first kappa shape index (κ1) is 12.3. The van der Waals surface area contributed by atoms with Crippen LogP contribution in [0.25, 0.3) is 0 Å². The Balaban J connectivity index is 2.99. The van der Waals surface area contributed by atoms with E-state index >= 15 is 0 Å². The minimum atomic E-state index is -3.75. The normalized spacial score (nSPS) is 11.6. The maximum Gasteiger partial charge on any atom is 0.240 e. The molecule has 0 aliphatic heterocycles. The molecule has 0 aromatic heterocycles. The number of thioether (sulfide) groups is 1. The van der Waals surface area contributed by atoms with E-state index in [9.17, 15) is 8.42 Å². The second-order valence-corrected chi connectivity index (χ2v) is 5.51. The van der Waals surface area contributed by atoms with Crippen molar-refractivity contribution in [3.05, 3.63) is 18.2 Å². The number of aliphatic hydroxyl groups excluding tert-OH is 1. The van der Waals surface area contributed by atoms with Crippen LogP contribution in [0.3, 0.4) is 0 Å². The van der Waals surface area contributed by atoms with Crippen LogP contribution in [0, 0.1) is 0 Å². The Morgan fingerprint density at radius 1 is 1.40 bits per heavy atom. The van der Waals surface area contributed by atoms with Gasteiger partial charge in [-0.1, -0.05) is 0 Å². The van der Waals surface area contributed by atoms with Crippen LogP contribution in [0.5, 0.6) is 0 Å². The molecule has 15 heavy (non-hydrogen) atoms. The van der Waals surface area contributed by atoms with Gasteiger partial charge in [-0.2, -0.15) is 0 Å². The van der Waals surface area contributed by atoms with Gasteiger partial charge in [0.05, 0.1) is 12.3 Å². The third kappa shape index (κ3) is 3.38. The van der Waals surface area contributed by atoms with Crippen LogP contribution in [0.2, 0.25) is 0 Å². The zero-order chi connectivity index (χ0) is 11.5. The molecule has 5 nitrogen and oxygen atoms in total. The van der Waals surface area contributed by atoms with Gasteiger partial charge in [0, 0.05) is 10.6 Å². The molecule has 0 aliphatic rings. The van der Waals surface area contributed by atoms with Gasteiger partial charge in [-0.15, -0.1) is 11.8 Å². The number of rotatable bonds is 4. The Labute approximate surface area is 92.5 Å². The summed E-state index contributed by atoms with van der Waals surface area (Å²) < 4.78 is 22.1. The summed E-state index contributed by atoms with van der Waals surface area (Å²) in [4.78, 5) is 0.727. The molecule has 84 valence electrons. The summed E-state index contributed by atoms with van der Waals surface area (Å²) >= 11 is 1.39. The molecule has 1 aromatic rings. The number of nitrogen functional groups attached to an aromatic ring is 1. The van der Waals surface area contributed by atoms with Gasteiger partial charge >= 0.3 is 0 Å². The molecular weight excluding hydrogens is 236 g/mol. The average molecular weight is 248 g/mol. The van der Waals surface area contributed by atoms with Gasteiger partial charge in [-0.3, -0.25) is 0 Å². The van der Waals surface area contributed by atoms with Crippen molar-refractivity contribution in [2.75, 3.05) is 18.1 Å². The van der Waals surface area contributed by atoms with Crippen LogP contribution in [-0.4, -0.2) is 25.9 Å². The standard InChI is InChI=1S/C8H12N2O3S2/c9-7-5-6(14-4-3-11)1-2-8(7)15(10,12)13/h1-2,5,11H,3-4,9H2,(H2,10,12,13). The number of nitrogens with two attached hydrogens (primary N) is 2. The Morgan fingerprint density at radius 2 is 2.07 bits per heavy atom. The van der Waals surface area contributed by atoms with Crippen molar-refractivity contribution in [2.24, 2.45) is 5.14 Å². The maximum atomic E-state index is 11.0. The SMILES string of the molecule is Nc1cc(SCCO)ccc1S(N)(=O)=O. The summed E-state index contributed by atoms with van der Waals surface area (Å²) in [5, 5.41) is 13.6. The van der Waals surface area contributed by atoms with Gasteiger partial charge in [-0.25, -0.2) is 13.6 Å². The minimum absolute atomic E-state index is 0.0571. The lowest BCUT2D eigenvalue weighted by atomic mass is 10.3. The average Bonchev–Trinajstić information content (AvgIpc) is 2.12. The summed E-state index contributed by atoms with van der Waals surface area (Å²) in [7, 11) is -3.75. The van der Waals surface area contributed by atoms with E-state index in [2.05, 4.69) is 0 Å². The lowest BCUT2D eigenvalue weighted by molar-refractivity contribution is 0.322. The summed E-state index contributed by atoms with van der Waals surface area (Å²) in [6.45, 7) is 0.0571. The molecule has 0 spiro atoms. The molecule has 0 saturated heterocycles. The van der Waals surface area contributed by atoms with Gasteiger partial charge in [0.25, 0.3) is 0 Å². The fraction of sp³-hybridized carbons (Fsp3) is 0.250. The van der Waals surface area contributed by atoms with Gasteiger partial charge in [0.15, 0.2) is 0 Å². The quantitative estimate of drug-likeness (QED) is 0.513. The number of anilines is 1. The van der Waals surface area contributed by atoms with E-state index in [-0.39, 0.29) is 17.2 Å². The smallest absolute Gasteiger partial charge is 0.240 e.